The molecule has 1 saturated carbocycles. The SMILES string of the molecule is CC(C1CC1)N(C)Cc1cccnc1C(N)=S. The van der Waals surface area contributed by atoms with Gasteiger partial charge in [-0.1, -0.05) is 18.3 Å². The van der Waals surface area contributed by atoms with Crippen LogP contribution in [0.5, 0.6) is 0 Å². The molecule has 2 N–H and O–H groups in total. The molecule has 0 amide bonds. The van der Waals surface area contributed by atoms with Crippen molar-refractivity contribution in [3.8, 4) is 0 Å². The van der Waals surface area contributed by atoms with E-state index in [4.69, 9.17) is 18.0 Å². The third-order valence-electron chi connectivity index (χ3n) is 3.54. The lowest BCUT2D eigenvalue weighted by Gasteiger charge is -2.25. The summed E-state index contributed by atoms with van der Waals surface area (Å²) in [6.07, 6.45) is 4.46. The van der Waals surface area contributed by atoms with E-state index in [1.165, 1.54) is 12.8 Å². The maximum Gasteiger partial charge on any atom is 0.123 e. The Morgan fingerprint density at radius 1 is 1.65 bits per heavy atom. The van der Waals surface area contributed by atoms with Gasteiger partial charge in [0.15, 0.2) is 0 Å². The molecule has 1 aliphatic carbocycles. The molecule has 17 heavy (non-hydrogen) atoms. The quantitative estimate of drug-likeness (QED) is 0.810. The summed E-state index contributed by atoms with van der Waals surface area (Å²) in [4.78, 5) is 7.00. The first-order valence-corrected chi connectivity index (χ1v) is 6.44. The van der Waals surface area contributed by atoms with Gasteiger partial charge in [0.2, 0.25) is 0 Å². The number of nitrogens with zero attached hydrogens (tertiary/aromatic N) is 2. The molecule has 2 rings (SSSR count). The normalized spacial score (nSPS) is 17.1. The van der Waals surface area contributed by atoms with Crippen LogP contribution in [0.3, 0.4) is 0 Å². The van der Waals surface area contributed by atoms with E-state index in [0.29, 0.717) is 11.0 Å². The van der Waals surface area contributed by atoms with Crippen LogP contribution in [0, 0.1) is 5.92 Å². The van der Waals surface area contributed by atoms with Crippen LogP contribution in [0.15, 0.2) is 18.3 Å². The second kappa shape index (κ2) is 5.10. The Balaban J connectivity index is 2.09. The lowest BCUT2D eigenvalue weighted by molar-refractivity contribution is 0.226. The van der Waals surface area contributed by atoms with Crippen molar-refractivity contribution < 1.29 is 0 Å². The summed E-state index contributed by atoms with van der Waals surface area (Å²) in [5.74, 6) is 0.866. The lowest BCUT2D eigenvalue weighted by Crippen LogP contribution is -2.31. The average Bonchev–Trinajstić information content (AvgIpc) is 3.12. The summed E-state index contributed by atoms with van der Waals surface area (Å²) in [6, 6.07) is 4.61. The first-order chi connectivity index (χ1) is 8.09. The summed E-state index contributed by atoms with van der Waals surface area (Å²) in [5, 5.41) is 0. The third kappa shape index (κ3) is 3.01. The molecule has 4 heteroatoms. The fourth-order valence-electron chi connectivity index (χ4n) is 2.14. The minimum absolute atomic E-state index is 0.382. The van der Waals surface area contributed by atoms with Crippen molar-refractivity contribution in [1.82, 2.24) is 9.88 Å². The van der Waals surface area contributed by atoms with E-state index in [1.807, 2.05) is 6.07 Å². The van der Waals surface area contributed by atoms with Gasteiger partial charge < -0.3 is 5.73 Å². The molecule has 0 aromatic carbocycles. The van der Waals surface area contributed by atoms with E-state index in [1.54, 1.807) is 6.20 Å². The molecule has 1 aliphatic rings. The molecule has 1 aromatic heterocycles. The highest BCUT2D eigenvalue weighted by molar-refractivity contribution is 7.80. The van der Waals surface area contributed by atoms with Crippen molar-refractivity contribution >= 4 is 17.2 Å². The number of hydrogen-bond acceptors (Lipinski definition) is 3. The Bertz CT molecular complexity index is 415. The van der Waals surface area contributed by atoms with Gasteiger partial charge in [0.05, 0.1) is 0 Å². The van der Waals surface area contributed by atoms with Gasteiger partial charge in [-0.3, -0.25) is 9.88 Å². The largest absolute Gasteiger partial charge is 0.388 e. The Labute approximate surface area is 108 Å². The molecule has 0 bridgehead atoms. The monoisotopic (exact) mass is 249 g/mol. The molecule has 92 valence electrons. The summed E-state index contributed by atoms with van der Waals surface area (Å²) in [5.41, 5.74) is 7.57. The number of thiocarbonyl (C=S) groups is 1. The maximum absolute atomic E-state index is 5.69. The minimum atomic E-state index is 0.382. The maximum atomic E-state index is 5.69. The van der Waals surface area contributed by atoms with Gasteiger partial charge in [0.25, 0.3) is 0 Å². The van der Waals surface area contributed by atoms with E-state index >= 15 is 0 Å². The predicted octanol–water partition coefficient (Wildman–Crippen LogP) is 1.95. The smallest absolute Gasteiger partial charge is 0.123 e. The lowest BCUT2D eigenvalue weighted by atomic mass is 10.1. The molecule has 1 fully saturated rings. The van der Waals surface area contributed by atoms with Crippen molar-refractivity contribution in [2.45, 2.75) is 32.4 Å². The van der Waals surface area contributed by atoms with Gasteiger partial charge in [0.1, 0.15) is 10.7 Å². The number of hydrogen-bond donors (Lipinski definition) is 1. The Morgan fingerprint density at radius 2 is 2.35 bits per heavy atom. The van der Waals surface area contributed by atoms with Crippen LogP contribution >= 0.6 is 12.2 Å². The van der Waals surface area contributed by atoms with Crippen molar-refractivity contribution in [3.63, 3.8) is 0 Å². The number of aromatic nitrogens is 1. The van der Waals surface area contributed by atoms with Gasteiger partial charge in [-0.2, -0.15) is 0 Å². The molecule has 0 aliphatic heterocycles. The molecular weight excluding hydrogens is 230 g/mol. The molecule has 0 saturated heterocycles. The van der Waals surface area contributed by atoms with E-state index < -0.39 is 0 Å². The fraction of sp³-hybridized carbons (Fsp3) is 0.538. The van der Waals surface area contributed by atoms with Crippen molar-refractivity contribution in [3.05, 3.63) is 29.6 Å². The topological polar surface area (TPSA) is 42.2 Å². The van der Waals surface area contributed by atoms with Crippen LogP contribution < -0.4 is 5.73 Å². The second-order valence-electron chi connectivity index (χ2n) is 4.87. The number of nitrogens with two attached hydrogens (primary N) is 1. The Hall–Kier alpha value is -1.00. The van der Waals surface area contributed by atoms with E-state index in [0.717, 1.165) is 23.7 Å². The molecule has 1 heterocycles. The fourth-order valence-corrected chi connectivity index (χ4v) is 2.32. The van der Waals surface area contributed by atoms with Crippen LogP contribution in [-0.4, -0.2) is 28.0 Å². The molecular formula is C13H19N3S. The molecule has 1 aromatic rings. The summed E-state index contributed by atoms with van der Waals surface area (Å²) in [7, 11) is 2.15. The standard InChI is InChI=1S/C13H19N3S/c1-9(10-5-6-10)16(2)8-11-4-3-7-15-12(11)13(14)17/h3-4,7,9-10H,5-6,8H2,1-2H3,(H2,14,17). The van der Waals surface area contributed by atoms with Crippen molar-refractivity contribution in [1.29, 1.82) is 0 Å². The zero-order valence-electron chi connectivity index (χ0n) is 10.4. The van der Waals surface area contributed by atoms with Gasteiger partial charge in [0, 0.05) is 18.8 Å². The molecule has 3 nitrogen and oxygen atoms in total. The van der Waals surface area contributed by atoms with E-state index in [-0.39, 0.29) is 0 Å². The van der Waals surface area contributed by atoms with Gasteiger partial charge in [-0.15, -0.1) is 0 Å². The summed E-state index contributed by atoms with van der Waals surface area (Å²) >= 11 is 5.03. The van der Waals surface area contributed by atoms with Gasteiger partial charge in [-0.25, -0.2) is 0 Å². The van der Waals surface area contributed by atoms with E-state index in [9.17, 15) is 0 Å². The number of pyridine rings is 1. The third-order valence-corrected chi connectivity index (χ3v) is 3.74. The van der Waals surface area contributed by atoms with Crippen LogP contribution in [0.1, 0.15) is 31.0 Å². The predicted molar refractivity (Wildman–Crippen MR) is 73.8 cm³/mol. The average molecular weight is 249 g/mol. The summed E-state index contributed by atoms with van der Waals surface area (Å²) in [6.45, 7) is 3.15. The molecule has 1 unspecified atom stereocenters. The van der Waals surface area contributed by atoms with E-state index in [2.05, 4.69) is 29.9 Å². The van der Waals surface area contributed by atoms with Crippen LogP contribution in [0.2, 0.25) is 0 Å². The van der Waals surface area contributed by atoms with Crippen molar-refractivity contribution in [2.75, 3.05) is 7.05 Å². The van der Waals surface area contributed by atoms with Crippen molar-refractivity contribution in [2.24, 2.45) is 11.7 Å². The molecule has 0 spiro atoms. The van der Waals surface area contributed by atoms with Crippen LogP contribution in [-0.2, 0) is 6.54 Å². The van der Waals surface area contributed by atoms with Gasteiger partial charge in [-0.05, 0) is 44.4 Å². The molecule has 0 radical (unpaired) electrons. The van der Waals surface area contributed by atoms with Crippen LogP contribution in [0.4, 0.5) is 0 Å². The first kappa shape index (κ1) is 12.5. The zero-order valence-corrected chi connectivity index (χ0v) is 11.2. The van der Waals surface area contributed by atoms with Crippen LogP contribution in [0.25, 0.3) is 0 Å². The minimum Gasteiger partial charge on any atom is -0.388 e. The highest BCUT2D eigenvalue weighted by Crippen LogP contribution is 2.35. The highest BCUT2D eigenvalue weighted by atomic mass is 32.1. The summed E-state index contributed by atoms with van der Waals surface area (Å²) < 4.78 is 0. The second-order valence-corrected chi connectivity index (χ2v) is 5.31. The Kier molecular flexibility index (Phi) is 3.74. The Morgan fingerprint density at radius 3 is 2.94 bits per heavy atom. The first-order valence-electron chi connectivity index (χ1n) is 6.03. The number of rotatable bonds is 5. The molecule has 1 atom stereocenters. The zero-order chi connectivity index (χ0) is 12.4. The highest BCUT2D eigenvalue weighted by Gasteiger charge is 2.30. The van der Waals surface area contributed by atoms with Gasteiger partial charge >= 0.3 is 0 Å².